The quantitative estimate of drug-likeness (QED) is 0.924. The van der Waals surface area contributed by atoms with Crippen LogP contribution in [0.2, 0.25) is 5.02 Å². The average molecular weight is 283 g/mol. The standard InChI is InChI=1S/C14H16ClFN2O/c15-9-1-4-13(16)12(7-9)14(19)17-10-5-6-18(8-10)11-2-3-11/h1,4,7,10-11H,2-3,5-6,8H2,(H,17,19)/t10-/m1/s1. The lowest BCUT2D eigenvalue weighted by Gasteiger charge is -2.16. The third-order valence-corrected chi connectivity index (χ3v) is 4.03. The van der Waals surface area contributed by atoms with Gasteiger partial charge in [0.05, 0.1) is 5.56 Å². The Bertz CT molecular complexity index is 504. The summed E-state index contributed by atoms with van der Waals surface area (Å²) < 4.78 is 13.6. The minimum atomic E-state index is -0.529. The highest BCUT2D eigenvalue weighted by Crippen LogP contribution is 2.29. The molecule has 3 rings (SSSR count). The van der Waals surface area contributed by atoms with Crippen molar-refractivity contribution in [2.75, 3.05) is 13.1 Å². The molecule has 0 unspecified atom stereocenters. The Morgan fingerprint density at radius 2 is 2.16 bits per heavy atom. The fourth-order valence-corrected chi connectivity index (χ4v) is 2.78. The van der Waals surface area contributed by atoms with Crippen LogP contribution in [0.15, 0.2) is 18.2 Å². The van der Waals surface area contributed by atoms with Crippen LogP contribution >= 0.6 is 11.6 Å². The zero-order chi connectivity index (χ0) is 13.4. The van der Waals surface area contributed by atoms with Gasteiger partial charge in [0.25, 0.3) is 5.91 Å². The van der Waals surface area contributed by atoms with E-state index in [2.05, 4.69) is 10.2 Å². The Labute approximate surface area is 116 Å². The van der Waals surface area contributed by atoms with E-state index < -0.39 is 5.82 Å². The van der Waals surface area contributed by atoms with Crippen molar-refractivity contribution in [1.29, 1.82) is 0 Å². The molecule has 0 radical (unpaired) electrons. The molecule has 102 valence electrons. The Hall–Kier alpha value is -1.13. The summed E-state index contributed by atoms with van der Waals surface area (Å²) in [5.41, 5.74) is 0.0253. The minimum Gasteiger partial charge on any atom is -0.348 e. The highest BCUT2D eigenvalue weighted by atomic mass is 35.5. The Morgan fingerprint density at radius 1 is 1.37 bits per heavy atom. The normalized spacial score (nSPS) is 23.6. The summed E-state index contributed by atoms with van der Waals surface area (Å²) in [5.74, 6) is -0.901. The molecule has 19 heavy (non-hydrogen) atoms. The van der Waals surface area contributed by atoms with Crippen molar-refractivity contribution in [1.82, 2.24) is 10.2 Å². The molecule has 1 saturated heterocycles. The predicted molar refractivity (Wildman–Crippen MR) is 71.9 cm³/mol. The molecule has 5 heteroatoms. The van der Waals surface area contributed by atoms with E-state index in [-0.39, 0.29) is 17.5 Å². The number of carbonyl (C=O) groups excluding carboxylic acids is 1. The van der Waals surface area contributed by atoms with Gasteiger partial charge in [-0.25, -0.2) is 4.39 Å². The van der Waals surface area contributed by atoms with Gasteiger partial charge in [-0.3, -0.25) is 9.69 Å². The van der Waals surface area contributed by atoms with E-state index in [1.807, 2.05) is 0 Å². The van der Waals surface area contributed by atoms with Crippen molar-refractivity contribution in [2.45, 2.75) is 31.3 Å². The number of nitrogens with zero attached hydrogens (tertiary/aromatic N) is 1. The molecule has 0 spiro atoms. The molecule has 0 bridgehead atoms. The maximum absolute atomic E-state index is 13.6. The van der Waals surface area contributed by atoms with E-state index >= 15 is 0 Å². The van der Waals surface area contributed by atoms with Gasteiger partial charge in [0.2, 0.25) is 0 Å². The first-order chi connectivity index (χ1) is 9.13. The molecule has 1 aromatic rings. The van der Waals surface area contributed by atoms with Gasteiger partial charge in [0.15, 0.2) is 0 Å². The van der Waals surface area contributed by atoms with Crippen LogP contribution in [0.5, 0.6) is 0 Å². The van der Waals surface area contributed by atoms with Crippen LogP contribution in [-0.2, 0) is 0 Å². The zero-order valence-corrected chi connectivity index (χ0v) is 11.3. The third-order valence-electron chi connectivity index (χ3n) is 3.79. The first-order valence-corrected chi connectivity index (χ1v) is 7.01. The summed E-state index contributed by atoms with van der Waals surface area (Å²) in [6.45, 7) is 1.90. The van der Waals surface area contributed by atoms with Gasteiger partial charge in [-0.15, -0.1) is 0 Å². The SMILES string of the molecule is O=C(N[C@@H]1CCN(C2CC2)C1)c1cc(Cl)ccc1F. The van der Waals surface area contributed by atoms with Crippen molar-refractivity contribution in [3.63, 3.8) is 0 Å². The number of benzene rings is 1. The molecule has 1 atom stereocenters. The smallest absolute Gasteiger partial charge is 0.254 e. The van der Waals surface area contributed by atoms with E-state index in [4.69, 9.17) is 11.6 Å². The van der Waals surface area contributed by atoms with E-state index in [0.29, 0.717) is 11.1 Å². The number of nitrogens with one attached hydrogen (secondary N) is 1. The van der Waals surface area contributed by atoms with Gasteiger partial charge >= 0.3 is 0 Å². The predicted octanol–water partition coefficient (Wildman–Crippen LogP) is 2.45. The number of likely N-dealkylation sites (tertiary alicyclic amines) is 1. The molecule has 1 heterocycles. The summed E-state index contributed by atoms with van der Waals surface area (Å²) in [6.07, 6.45) is 3.47. The molecule has 1 amide bonds. The summed E-state index contributed by atoms with van der Waals surface area (Å²) in [4.78, 5) is 14.4. The topological polar surface area (TPSA) is 32.3 Å². The van der Waals surface area contributed by atoms with Crippen LogP contribution in [0, 0.1) is 5.82 Å². The molecule has 1 saturated carbocycles. The number of hydrogen-bond acceptors (Lipinski definition) is 2. The lowest BCUT2D eigenvalue weighted by atomic mass is 10.1. The second-order valence-electron chi connectivity index (χ2n) is 5.31. The number of hydrogen-bond donors (Lipinski definition) is 1. The van der Waals surface area contributed by atoms with E-state index in [1.54, 1.807) is 0 Å². The zero-order valence-electron chi connectivity index (χ0n) is 10.5. The highest BCUT2D eigenvalue weighted by molar-refractivity contribution is 6.31. The molecule has 2 aliphatic rings. The summed E-state index contributed by atoms with van der Waals surface area (Å²) >= 11 is 5.80. The average Bonchev–Trinajstić information content (AvgIpc) is 3.13. The van der Waals surface area contributed by atoms with Crippen LogP contribution in [-0.4, -0.2) is 36.0 Å². The molecule has 1 aliphatic heterocycles. The molecule has 1 aromatic carbocycles. The number of rotatable bonds is 3. The second kappa shape index (κ2) is 5.10. The van der Waals surface area contributed by atoms with Crippen LogP contribution < -0.4 is 5.32 Å². The largest absolute Gasteiger partial charge is 0.348 e. The van der Waals surface area contributed by atoms with Gasteiger partial charge in [0, 0.05) is 30.2 Å². The summed E-state index contributed by atoms with van der Waals surface area (Å²) in [6, 6.07) is 4.87. The first-order valence-electron chi connectivity index (χ1n) is 6.63. The number of halogens is 2. The van der Waals surface area contributed by atoms with Gasteiger partial charge in [-0.2, -0.15) is 0 Å². The van der Waals surface area contributed by atoms with E-state index in [0.717, 1.165) is 19.5 Å². The Kier molecular flexibility index (Phi) is 3.46. The van der Waals surface area contributed by atoms with Crippen molar-refractivity contribution in [3.05, 3.63) is 34.6 Å². The molecule has 2 fully saturated rings. The van der Waals surface area contributed by atoms with Gasteiger partial charge in [-0.1, -0.05) is 11.6 Å². The lowest BCUT2D eigenvalue weighted by molar-refractivity contribution is 0.0933. The Balaban J connectivity index is 1.63. The van der Waals surface area contributed by atoms with Crippen molar-refractivity contribution in [3.8, 4) is 0 Å². The molecule has 3 nitrogen and oxygen atoms in total. The van der Waals surface area contributed by atoms with Crippen LogP contribution in [0.3, 0.4) is 0 Å². The molecule has 0 aromatic heterocycles. The van der Waals surface area contributed by atoms with E-state index in [1.165, 1.54) is 31.0 Å². The molecule has 1 N–H and O–H groups in total. The van der Waals surface area contributed by atoms with Crippen LogP contribution in [0.25, 0.3) is 0 Å². The minimum absolute atomic E-state index is 0.0253. The molecular formula is C14H16ClFN2O. The summed E-state index contributed by atoms with van der Waals surface area (Å²) in [5, 5.41) is 3.27. The first kappa shape index (κ1) is 12.9. The van der Waals surface area contributed by atoms with Crippen molar-refractivity contribution >= 4 is 17.5 Å². The number of carbonyl (C=O) groups is 1. The maximum Gasteiger partial charge on any atom is 0.254 e. The van der Waals surface area contributed by atoms with Crippen LogP contribution in [0.1, 0.15) is 29.6 Å². The fraction of sp³-hybridized carbons (Fsp3) is 0.500. The fourth-order valence-electron chi connectivity index (χ4n) is 2.61. The monoisotopic (exact) mass is 282 g/mol. The van der Waals surface area contributed by atoms with Gasteiger partial charge < -0.3 is 5.32 Å². The van der Waals surface area contributed by atoms with Crippen molar-refractivity contribution in [2.24, 2.45) is 0 Å². The summed E-state index contributed by atoms with van der Waals surface area (Å²) in [7, 11) is 0. The third kappa shape index (κ3) is 2.90. The highest BCUT2D eigenvalue weighted by Gasteiger charge is 2.35. The number of amides is 1. The Morgan fingerprint density at radius 3 is 2.89 bits per heavy atom. The van der Waals surface area contributed by atoms with Crippen molar-refractivity contribution < 1.29 is 9.18 Å². The second-order valence-corrected chi connectivity index (χ2v) is 5.75. The lowest BCUT2D eigenvalue weighted by Crippen LogP contribution is -2.37. The molecular weight excluding hydrogens is 267 g/mol. The van der Waals surface area contributed by atoms with Gasteiger partial charge in [0.1, 0.15) is 5.82 Å². The maximum atomic E-state index is 13.6. The van der Waals surface area contributed by atoms with Crippen LogP contribution in [0.4, 0.5) is 4.39 Å². The van der Waals surface area contributed by atoms with Gasteiger partial charge in [-0.05, 0) is 37.5 Å². The molecule has 1 aliphatic carbocycles. The van der Waals surface area contributed by atoms with E-state index in [9.17, 15) is 9.18 Å².